The molecule has 0 aromatic carbocycles. The van der Waals surface area contributed by atoms with Crippen molar-refractivity contribution >= 4 is 9.84 Å². The van der Waals surface area contributed by atoms with Gasteiger partial charge in [-0.1, -0.05) is 13.8 Å². The summed E-state index contributed by atoms with van der Waals surface area (Å²) in [5, 5.41) is 3.61. The van der Waals surface area contributed by atoms with Crippen molar-refractivity contribution in [2.24, 2.45) is 5.41 Å². The summed E-state index contributed by atoms with van der Waals surface area (Å²) in [5.41, 5.74) is 0.323. The van der Waals surface area contributed by atoms with Crippen LogP contribution in [0.15, 0.2) is 0 Å². The molecule has 0 aliphatic carbocycles. The smallest absolute Gasteiger partial charge is 0.151 e. The molecule has 1 unspecified atom stereocenters. The number of sulfone groups is 1. The van der Waals surface area contributed by atoms with Crippen LogP contribution in [0.3, 0.4) is 0 Å². The lowest BCUT2D eigenvalue weighted by atomic mass is 9.77. The van der Waals surface area contributed by atoms with Crippen LogP contribution in [0.25, 0.3) is 0 Å². The van der Waals surface area contributed by atoms with Crippen LogP contribution in [0.2, 0.25) is 0 Å². The highest BCUT2D eigenvalue weighted by atomic mass is 32.2. The summed E-state index contributed by atoms with van der Waals surface area (Å²) in [6, 6.07) is 0.493. The van der Waals surface area contributed by atoms with Gasteiger partial charge in [0.25, 0.3) is 0 Å². The zero-order valence-electron chi connectivity index (χ0n) is 11.6. The Morgan fingerprint density at radius 3 is 2.72 bits per heavy atom. The van der Waals surface area contributed by atoms with Crippen LogP contribution < -0.4 is 5.32 Å². The zero-order chi connectivity index (χ0) is 13.2. The fourth-order valence-electron chi connectivity index (χ4n) is 3.01. The van der Waals surface area contributed by atoms with Crippen molar-refractivity contribution in [3.8, 4) is 0 Å². The first-order valence-electron chi connectivity index (χ1n) is 7.05. The van der Waals surface area contributed by atoms with Crippen LogP contribution in [0, 0.1) is 5.41 Å². The summed E-state index contributed by atoms with van der Waals surface area (Å²) in [4.78, 5) is 2.33. The third kappa shape index (κ3) is 3.68. The average Bonchev–Trinajstić information content (AvgIpc) is 2.43. The van der Waals surface area contributed by atoms with E-state index in [1.54, 1.807) is 0 Å². The van der Waals surface area contributed by atoms with Gasteiger partial charge in [-0.15, -0.1) is 0 Å². The van der Waals surface area contributed by atoms with Gasteiger partial charge in [0.2, 0.25) is 0 Å². The molecule has 0 bridgehead atoms. The van der Waals surface area contributed by atoms with E-state index in [1.165, 1.54) is 12.8 Å². The van der Waals surface area contributed by atoms with E-state index in [0.717, 1.165) is 26.1 Å². The van der Waals surface area contributed by atoms with Crippen molar-refractivity contribution in [2.75, 3.05) is 37.7 Å². The Labute approximate surface area is 111 Å². The molecule has 0 aromatic heterocycles. The van der Waals surface area contributed by atoms with Crippen molar-refractivity contribution in [3.63, 3.8) is 0 Å². The second-order valence-corrected chi connectivity index (χ2v) is 8.71. The molecule has 0 spiro atoms. The summed E-state index contributed by atoms with van der Waals surface area (Å²) in [7, 11) is -2.78. The summed E-state index contributed by atoms with van der Waals surface area (Å²) in [6.45, 7) is 8.35. The lowest BCUT2D eigenvalue weighted by Crippen LogP contribution is -2.53. The molecule has 2 aliphatic heterocycles. The average molecular weight is 274 g/mol. The maximum atomic E-state index is 11.6. The topological polar surface area (TPSA) is 49.4 Å². The molecule has 1 atom stereocenters. The third-order valence-corrected chi connectivity index (χ3v) is 6.14. The van der Waals surface area contributed by atoms with Crippen LogP contribution in [-0.4, -0.2) is 57.0 Å². The molecule has 1 N–H and O–H groups in total. The molecular formula is C13H26N2O2S. The van der Waals surface area contributed by atoms with E-state index in [1.807, 2.05) is 0 Å². The minimum absolute atomic E-state index is 0.323. The SMILES string of the molecule is CC1(C)CCCNC1CN1CCCS(=O)(=O)CC1. The largest absolute Gasteiger partial charge is 0.312 e. The van der Waals surface area contributed by atoms with Crippen molar-refractivity contribution in [1.29, 1.82) is 0 Å². The molecule has 4 nitrogen and oxygen atoms in total. The van der Waals surface area contributed by atoms with E-state index in [-0.39, 0.29) is 0 Å². The number of hydrogen-bond donors (Lipinski definition) is 1. The molecule has 2 fully saturated rings. The standard InChI is InChI=1S/C13H26N2O2S/c1-13(2)5-3-6-14-12(13)11-15-7-4-9-18(16,17)10-8-15/h12,14H,3-11H2,1-2H3. The first-order valence-corrected chi connectivity index (χ1v) is 8.87. The molecule has 0 radical (unpaired) electrons. The first kappa shape index (κ1) is 14.3. The summed E-state index contributed by atoms with van der Waals surface area (Å²) in [5.74, 6) is 0.700. The van der Waals surface area contributed by atoms with E-state index < -0.39 is 9.84 Å². The highest BCUT2D eigenvalue weighted by Gasteiger charge is 2.33. The predicted octanol–water partition coefficient (Wildman–Crippen LogP) is 0.885. The molecule has 5 heteroatoms. The van der Waals surface area contributed by atoms with Crippen LogP contribution in [0.4, 0.5) is 0 Å². The van der Waals surface area contributed by atoms with Gasteiger partial charge in [-0.05, 0) is 37.8 Å². The number of nitrogens with one attached hydrogen (secondary N) is 1. The highest BCUT2D eigenvalue weighted by Crippen LogP contribution is 2.30. The minimum atomic E-state index is -2.78. The van der Waals surface area contributed by atoms with E-state index in [2.05, 4.69) is 24.1 Å². The molecule has 106 valence electrons. The molecule has 2 saturated heterocycles. The van der Waals surface area contributed by atoms with E-state index in [0.29, 0.717) is 29.5 Å². The maximum Gasteiger partial charge on any atom is 0.151 e. The Kier molecular flexibility index (Phi) is 4.34. The van der Waals surface area contributed by atoms with Gasteiger partial charge in [0.05, 0.1) is 11.5 Å². The number of nitrogens with zero attached hydrogens (tertiary/aromatic N) is 1. The van der Waals surface area contributed by atoms with Gasteiger partial charge >= 0.3 is 0 Å². The Hall–Kier alpha value is -0.130. The highest BCUT2D eigenvalue weighted by molar-refractivity contribution is 7.91. The molecule has 0 saturated carbocycles. The fourth-order valence-corrected chi connectivity index (χ4v) is 4.32. The quantitative estimate of drug-likeness (QED) is 0.812. The lowest BCUT2D eigenvalue weighted by molar-refractivity contribution is 0.130. The van der Waals surface area contributed by atoms with Crippen LogP contribution in [0.1, 0.15) is 33.1 Å². The summed E-state index contributed by atoms with van der Waals surface area (Å²) in [6.07, 6.45) is 3.30. The second kappa shape index (κ2) is 5.47. The summed E-state index contributed by atoms with van der Waals surface area (Å²) < 4.78 is 23.2. The van der Waals surface area contributed by atoms with Crippen molar-refractivity contribution in [3.05, 3.63) is 0 Å². The van der Waals surface area contributed by atoms with Crippen molar-refractivity contribution in [2.45, 2.75) is 39.2 Å². The van der Waals surface area contributed by atoms with Gasteiger partial charge in [-0.25, -0.2) is 8.42 Å². The van der Waals surface area contributed by atoms with E-state index in [9.17, 15) is 8.42 Å². The van der Waals surface area contributed by atoms with Crippen LogP contribution in [0.5, 0.6) is 0 Å². The monoisotopic (exact) mass is 274 g/mol. The molecule has 2 heterocycles. The molecule has 18 heavy (non-hydrogen) atoms. The van der Waals surface area contributed by atoms with Crippen molar-refractivity contribution in [1.82, 2.24) is 10.2 Å². The Morgan fingerprint density at radius 2 is 2.00 bits per heavy atom. The van der Waals surface area contributed by atoms with Gasteiger partial charge in [0.1, 0.15) is 0 Å². The number of piperidine rings is 1. The van der Waals surface area contributed by atoms with E-state index in [4.69, 9.17) is 0 Å². The van der Waals surface area contributed by atoms with Gasteiger partial charge in [0.15, 0.2) is 9.84 Å². The van der Waals surface area contributed by atoms with Gasteiger partial charge in [-0.3, -0.25) is 0 Å². The molecule has 0 amide bonds. The van der Waals surface area contributed by atoms with Crippen LogP contribution in [-0.2, 0) is 9.84 Å². The number of hydrogen-bond acceptors (Lipinski definition) is 4. The van der Waals surface area contributed by atoms with Crippen molar-refractivity contribution < 1.29 is 8.42 Å². The van der Waals surface area contributed by atoms with Gasteiger partial charge in [-0.2, -0.15) is 0 Å². The minimum Gasteiger partial charge on any atom is -0.312 e. The molecule has 2 rings (SSSR count). The number of rotatable bonds is 2. The Bertz CT molecular complexity index is 378. The van der Waals surface area contributed by atoms with E-state index >= 15 is 0 Å². The summed E-state index contributed by atoms with van der Waals surface area (Å²) >= 11 is 0. The maximum absolute atomic E-state index is 11.6. The normalized spacial score (nSPS) is 32.9. The van der Waals surface area contributed by atoms with Gasteiger partial charge in [0, 0.05) is 19.1 Å². The second-order valence-electron chi connectivity index (χ2n) is 6.40. The molecule has 0 aromatic rings. The lowest BCUT2D eigenvalue weighted by Gasteiger charge is -2.41. The molecule has 2 aliphatic rings. The first-order chi connectivity index (χ1) is 8.39. The Morgan fingerprint density at radius 1 is 1.22 bits per heavy atom. The van der Waals surface area contributed by atoms with Crippen LogP contribution >= 0.6 is 0 Å². The molecular weight excluding hydrogens is 248 g/mol. The third-order valence-electron chi connectivity index (χ3n) is 4.42. The predicted molar refractivity (Wildman–Crippen MR) is 74.5 cm³/mol. The zero-order valence-corrected chi connectivity index (χ0v) is 12.4. The Balaban J connectivity index is 1.92. The van der Waals surface area contributed by atoms with Gasteiger partial charge < -0.3 is 10.2 Å². The fraction of sp³-hybridized carbons (Fsp3) is 1.00.